The number of thioether (sulfide) groups is 1. The summed E-state index contributed by atoms with van der Waals surface area (Å²) in [5, 5.41) is 0. The molecule has 2 atom stereocenters. The molecule has 0 bridgehead atoms. The van der Waals surface area contributed by atoms with E-state index in [0.29, 0.717) is 12.2 Å². The van der Waals surface area contributed by atoms with Gasteiger partial charge in [0.25, 0.3) is 0 Å². The summed E-state index contributed by atoms with van der Waals surface area (Å²) < 4.78 is 11.5. The quantitative estimate of drug-likeness (QED) is 0.705. The SMILES string of the molecule is C=C(CC1CCCCO1)SC(=C)CC1CCCCO1. The number of hydrogen-bond acceptors (Lipinski definition) is 3. The van der Waals surface area contributed by atoms with Gasteiger partial charge in [-0.25, -0.2) is 0 Å². The summed E-state index contributed by atoms with van der Waals surface area (Å²) >= 11 is 1.74. The molecule has 0 spiro atoms. The summed E-state index contributed by atoms with van der Waals surface area (Å²) in [4.78, 5) is 2.38. The van der Waals surface area contributed by atoms with Crippen molar-refractivity contribution in [3.8, 4) is 0 Å². The topological polar surface area (TPSA) is 18.5 Å². The Kier molecular flexibility index (Phi) is 6.48. The van der Waals surface area contributed by atoms with Gasteiger partial charge in [0.15, 0.2) is 0 Å². The molecule has 0 N–H and O–H groups in total. The van der Waals surface area contributed by atoms with Gasteiger partial charge >= 0.3 is 0 Å². The zero-order chi connectivity index (χ0) is 13.5. The van der Waals surface area contributed by atoms with Crippen molar-refractivity contribution in [1.29, 1.82) is 0 Å². The Bertz CT molecular complexity index is 272. The van der Waals surface area contributed by atoms with Gasteiger partial charge in [-0.15, -0.1) is 11.8 Å². The lowest BCUT2D eigenvalue weighted by Crippen LogP contribution is -2.19. The summed E-state index contributed by atoms with van der Waals surface area (Å²) in [5.74, 6) is 0. The largest absolute Gasteiger partial charge is 0.378 e. The first-order valence-electron chi connectivity index (χ1n) is 7.50. The van der Waals surface area contributed by atoms with E-state index in [1.54, 1.807) is 11.8 Å². The second-order valence-electron chi connectivity index (χ2n) is 5.56. The Morgan fingerprint density at radius 2 is 1.32 bits per heavy atom. The van der Waals surface area contributed by atoms with Crippen LogP contribution in [0.25, 0.3) is 0 Å². The fraction of sp³-hybridized carbons (Fsp3) is 0.750. The molecule has 0 aromatic heterocycles. The normalized spacial score (nSPS) is 28.0. The number of hydrogen-bond donors (Lipinski definition) is 0. The van der Waals surface area contributed by atoms with Crippen LogP contribution in [0.1, 0.15) is 51.4 Å². The first-order valence-corrected chi connectivity index (χ1v) is 8.32. The zero-order valence-electron chi connectivity index (χ0n) is 11.9. The number of ether oxygens (including phenoxy) is 2. The molecule has 0 aromatic rings. The summed E-state index contributed by atoms with van der Waals surface area (Å²) in [6, 6.07) is 0. The van der Waals surface area contributed by atoms with Crippen molar-refractivity contribution in [2.24, 2.45) is 0 Å². The highest BCUT2D eigenvalue weighted by Gasteiger charge is 2.18. The first kappa shape index (κ1) is 15.1. The summed E-state index contributed by atoms with van der Waals surface area (Å²) in [6.45, 7) is 10.2. The van der Waals surface area contributed by atoms with Gasteiger partial charge in [0, 0.05) is 26.1 Å². The molecule has 2 saturated heterocycles. The van der Waals surface area contributed by atoms with Crippen LogP contribution in [0.5, 0.6) is 0 Å². The predicted octanol–water partition coefficient (Wildman–Crippen LogP) is 4.67. The molecule has 108 valence electrons. The fourth-order valence-corrected chi connectivity index (χ4v) is 3.68. The van der Waals surface area contributed by atoms with Crippen LogP contribution in [0.4, 0.5) is 0 Å². The number of rotatable bonds is 6. The molecule has 0 aromatic carbocycles. The molecule has 0 saturated carbocycles. The van der Waals surface area contributed by atoms with Gasteiger partial charge in [0.1, 0.15) is 0 Å². The van der Waals surface area contributed by atoms with Crippen LogP contribution in [-0.2, 0) is 9.47 Å². The smallest absolute Gasteiger partial charge is 0.0620 e. The van der Waals surface area contributed by atoms with Crippen molar-refractivity contribution in [3.05, 3.63) is 23.0 Å². The van der Waals surface area contributed by atoms with E-state index >= 15 is 0 Å². The maximum Gasteiger partial charge on any atom is 0.0620 e. The van der Waals surface area contributed by atoms with Crippen LogP contribution in [0.3, 0.4) is 0 Å². The third-order valence-corrected chi connectivity index (χ3v) is 4.66. The van der Waals surface area contributed by atoms with Crippen LogP contribution in [-0.4, -0.2) is 25.4 Å². The van der Waals surface area contributed by atoms with Crippen LogP contribution >= 0.6 is 11.8 Å². The molecular formula is C16H26O2S. The molecule has 0 radical (unpaired) electrons. The minimum atomic E-state index is 0.382. The van der Waals surface area contributed by atoms with Crippen molar-refractivity contribution in [3.63, 3.8) is 0 Å². The van der Waals surface area contributed by atoms with Gasteiger partial charge in [-0.05, 0) is 48.3 Å². The minimum absolute atomic E-state index is 0.382. The van der Waals surface area contributed by atoms with Crippen molar-refractivity contribution >= 4 is 11.8 Å². The van der Waals surface area contributed by atoms with E-state index in [1.807, 2.05) is 0 Å². The Balaban J connectivity index is 1.64. The Morgan fingerprint density at radius 3 is 1.68 bits per heavy atom. The van der Waals surface area contributed by atoms with Crippen LogP contribution < -0.4 is 0 Å². The minimum Gasteiger partial charge on any atom is -0.378 e. The Hall–Kier alpha value is -0.250. The van der Waals surface area contributed by atoms with E-state index in [0.717, 1.165) is 26.1 Å². The third kappa shape index (κ3) is 5.72. The van der Waals surface area contributed by atoms with E-state index in [9.17, 15) is 0 Å². The van der Waals surface area contributed by atoms with Gasteiger partial charge in [0.05, 0.1) is 12.2 Å². The third-order valence-electron chi connectivity index (χ3n) is 3.75. The predicted molar refractivity (Wildman–Crippen MR) is 82.3 cm³/mol. The average molecular weight is 282 g/mol. The zero-order valence-corrected chi connectivity index (χ0v) is 12.7. The molecule has 3 heteroatoms. The molecular weight excluding hydrogens is 256 g/mol. The molecule has 2 nitrogen and oxygen atoms in total. The molecule has 2 heterocycles. The lowest BCUT2D eigenvalue weighted by molar-refractivity contribution is 0.0176. The molecule has 2 unspecified atom stereocenters. The molecule has 0 amide bonds. The van der Waals surface area contributed by atoms with E-state index in [1.165, 1.54) is 48.3 Å². The van der Waals surface area contributed by atoms with Gasteiger partial charge in [-0.1, -0.05) is 13.2 Å². The molecule has 2 rings (SSSR count). The Morgan fingerprint density at radius 1 is 0.842 bits per heavy atom. The Labute approximate surface area is 121 Å². The monoisotopic (exact) mass is 282 g/mol. The second-order valence-corrected chi connectivity index (χ2v) is 6.92. The van der Waals surface area contributed by atoms with E-state index in [4.69, 9.17) is 9.47 Å². The van der Waals surface area contributed by atoms with Crippen molar-refractivity contribution in [2.75, 3.05) is 13.2 Å². The van der Waals surface area contributed by atoms with Gasteiger partial charge in [-0.2, -0.15) is 0 Å². The van der Waals surface area contributed by atoms with Crippen molar-refractivity contribution < 1.29 is 9.47 Å². The van der Waals surface area contributed by atoms with Crippen LogP contribution in [0, 0.1) is 0 Å². The lowest BCUT2D eigenvalue weighted by atomic mass is 10.1. The van der Waals surface area contributed by atoms with Gasteiger partial charge in [0.2, 0.25) is 0 Å². The van der Waals surface area contributed by atoms with Gasteiger partial charge in [-0.3, -0.25) is 0 Å². The molecule has 2 aliphatic heterocycles. The van der Waals surface area contributed by atoms with Crippen LogP contribution in [0.15, 0.2) is 23.0 Å². The maximum absolute atomic E-state index is 5.75. The average Bonchev–Trinajstić information content (AvgIpc) is 2.40. The highest BCUT2D eigenvalue weighted by atomic mass is 32.2. The molecule has 19 heavy (non-hydrogen) atoms. The second kappa shape index (κ2) is 8.13. The summed E-state index contributed by atoms with van der Waals surface area (Å²) in [6.07, 6.45) is 10.1. The van der Waals surface area contributed by atoms with Gasteiger partial charge < -0.3 is 9.47 Å². The summed E-state index contributed by atoms with van der Waals surface area (Å²) in [5.41, 5.74) is 0. The van der Waals surface area contributed by atoms with Crippen LogP contribution in [0.2, 0.25) is 0 Å². The standard InChI is InChI=1S/C16H26O2S/c1-13(11-15-7-3-5-9-17-15)19-14(2)12-16-8-4-6-10-18-16/h15-16H,1-12H2. The molecule has 0 aliphatic carbocycles. The molecule has 2 fully saturated rings. The van der Waals surface area contributed by atoms with Crippen molar-refractivity contribution in [1.82, 2.24) is 0 Å². The fourth-order valence-electron chi connectivity index (χ4n) is 2.73. The maximum atomic E-state index is 5.75. The molecule has 2 aliphatic rings. The van der Waals surface area contributed by atoms with E-state index in [2.05, 4.69) is 13.2 Å². The van der Waals surface area contributed by atoms with Crippen molar-refractivity contribution in [2.45, 2.75) is 63.6 Å². The van der Waals surface area contributed by atoms with E-state index in [-0.39, 0.29) is 0 Å². The summed E-state index contributed by atoms with van der Waals surface area (Å²) in [7, 11) is 0. The lowest BCUT2D eigenvalue weighted by Gasteiger charge is -2.25. The van der Waals surface area contributed by atoms with E-state index < -0.39 is 0 Å². The first-order chi connectivity index (χ1) is 9.24. The highest BCUT2D eigenvalue weighted by Crippen LogP contribution is 2.33. The highest BCUT2D eigenvalue weighted by molar-refractivity contribution is 8.06.